The van der Waals surface area contributed by atoms with Crippen molar-refractivity contribution in [3.05, 3.63) is 59.7 Å². The molecule has 0 spiro atoms. The Bertz CT molecular complexity index is 777. The monoisotopic (exact) mass is 384 g/mol. The zero-order valence-electron chi connectivity index (χ0n) is 16.4. The zero-order chi connectivity index (χ0) is 20.4. The average molecular weight is 384 g/mol. The summed E-state index contributed by atoms with van der Waals surface area (Å²) >= 11 is 0. The average Bonchev–Trinajstić information content (AvgIpc) is 2.72. The summed E-state index contributed by atoms with van der Waals surface area (Å²) in [5.41, 5.74) is 7.78. The molecule has 28 heavy (non-hydrogen) atoms. The van der Waals surface area contributed by atoms with Gasteiger partial charge in [-0.25, -0.2) is 4.79 Å². The fraction of sp³-hybridized carbons (Fsp3) is 0.364. The topological polar surface area (TPSA) is 90.6 Å². The lowest BCUT2D eigenvalue weighted by atomic mass is 9.95. The standard InChI is InChI=1S/C22H28N2O4/c1-3-4-12-28-20-14-18(10-11-19(20)22(26)27-2)24-21(25)13-17(15-23)16-8-6-5-7-9-16/h5-11,14,17H,3-4,12-13,15,23H2,1-2H3,(H,24,25). The number of nitrogens with one attached hydrogen (secondary N) is 1. The Labute approximate surface area is 166 Å². The highest BCUT2D eigenvalue weighted by molar-refractivity contribution is 5.95. The van der Waals surface area contributed by atoms with Crippen LogP contribution < -0.4 is 15.8 Å². The molecule has 0 saturated heterocycles. The highest BCUT2D eigenvalue weighted by Gasteiger charge is 2.17. The van der Waals surface area contributed by atoms with E-state index in [4.69, 9.17) is 15.2 Å². The van der Waals surface area contributed by atoms with E-state index >= 15 is 0 Å². The van der Waals surface area contributed by atoms with Gasteiger partial charge in [-0.2, -0.15) is 0 Å². The molecule has 6 heteroatoms. The molecule has 0 bridgehead atoms. The van der Waals surface area contributed by atoms with Gasteiger partial charge >= 0.3 is 5.97 Å². The van der Waals surface area contributed by atoms with Crippen molar-refractivity contribution in [1.82, 2.24) is 0 Å². The summed E-state index contributed by atoms with van der Waals surface area (Å²) in [6, 6.07) is 14.6. The van der Waals surface area contributed by atoms with Gasteiger partial charge in [-0.05, 0) is 30.7 Å². The smallest absolute Gasteiger partial charge is 0.341 e. The maximum atomic E-state index is 12.5. The van der Waals surface area contributed by atoms with E-state index in [1.807, 2.05) is 30.3 Å². The van der Waals surface area contributed by atoms with Gasteiger partial charge in [0.1, 0.15) is 11.3 Å². The van der Waals surface area contributed by atoms with Crippen molar-refractivity contribution in [2.75, 3.05) is 25.6 Å². The van der Waals surface area contributed by atoms with E-state index in [0.29, 0.717) is 30.2 Å². The molecule has 150 valence electrons. The maximum absolute atomic E-state index is 12.5. The number of carbonyl (C=O) groups excluding carboxylic acids is 2. The molecule has 2 aromatic rings. The number of nitrogens with two attached hydrogens (primary N) is 1. The molecular formula is C22H28N2O4. The fourth-order valence-corrected chi connectivity index (χ4v) is 2.82. The number of carbonyl (C=O) groups is 2. The van der Waals surface area contributed by atoms with Crippen LogP contribution in [-0.4, -0.2) is 32.1 Å². The van der Waals surface area contributed by atoms with Crippen LogP contribution in [-0.2, 0) is 9.53 Å². The first-order valence-electron chi connectivity index (χ1n) is 9.49. The summed E-state index contributed by atoms with van der Waals surface area (Å²) in [4.78, 5) is 24.4. The minimum atomic E-state index is -0.475. The molecule has 0 aliphatic rings. The summed E-state index contributed by atoms with van der Waals surface area (Å²) in [6.45, 7) is 2.92. The summed E-state index contributed by atoms with van der Waals surface area (Å²) in [5.74, 6) is -0.284. The molecule has 0 radical (unpaired) electrons. The Morgan fingerprint density at radius 2 is 1.89 bits per heavy atom. The van der Waals surface area contributed by atoms with Crippen molar-refractivity contribution in [2.45, 2.75) is 32.1 Å². The van der Waals surface area contributed by atoms with Crippen LogP contribution in [0.1, 0.15) is 48.0 Å². The fourth-order valence-electron chi connectivity index (χ4n) is 2.82. The minimum absolute atomic E-state index is 0.0594. The van der Waals surface area contributed by atoms with E-state index in [9.17, 15) is 9.59 Å². The van der Waals surface area contributed by atoms with Gasteiger partial charge < -0.3 is 20.5 Å². The van der Waals surface area contributed by atoms with Crippen LogP contribution in [0.4, 0.5) is 5.69 Å². The van der Waals surface area contributed by atoms with E-state index in [1.54, 1.807) is 18.2 Å². The number of hydrogen-bond acceptors (Lipinski definition) is 5. The number of ether oxygens (including phenoxy) is 2. The number of unbranched alkanes of at least 4 members (excludes halogenated alkanes) is 1. The van der Waals surface area contributed by atoms with Crippen molar-refractivity contribution in [1.29, 1.82) is 0 Å². The number of rotatable bonds is 10. The summed E-state index contributed by atoms with van der Waals surface area (Å²) in [7, 11) is 1.32. The van der Waals surface area contributed by atoms with Gasteiger partial charge in [0.15, 0.2) is 0 Å². The van der Waals surface area contributed by atoms with Crippen molar-refractivity contribution in [3.8, 4) is 5.75 Å². The summed E-state index contributed by atoms with van der Waals surface area (Å²) < 4.78 is 10.5. The summed E-state index contributed by atoms with van der Waals surface area (Å²) in [6.07, 6.45) is 2.11. The number of anilines is 1. The van der Waals surface area contributed by atoms with Crippen LogP contribution in [0.2, 0.25) is 0 Å². The third-order valence-corrected chi connectivity index (χ3v) is 4.41. The molecule has 6 nitrogen and oxygen atoms in total. The molecule has 1 atom stereocenters. The first-order chi connectivity index (χ1) is 13.6. The predicted molar refractivity (Wildman–Crippen MR) is 110 cm³/mol. The normalized spacial score (nSPS) is 11.5. The molecule has 2 aromatic carbocycles. The van der Waals surface area contributed by atoms with Gasteiger partial charge in [0, 0.05) is 24.1 Å². The molecule has 0 aliphatic carbocycles. The van der Waals surface area contributed by atoms with Crippen molar-refractivity contribution in [2.24, 2.45) is 5.73 Å². The van der Waals surface area contributed by atoms with Gasteiger partial charge in [0.05, 0.1) is 13.7 Å². The number of esters is 1. The number of hydrogen-bond donors (Lipinski definition) is 2. The predicted octanol–water partition coefficient (Wildman–Crippen LogP) is 3.72. The van der Waals surface area contributed by atoms with Crippen LogP contribution >= 0.6 is 0 Å². The van der Waals surface area contributed by atoms with Crippen LogP contribution in [0, 0.1) is 0 Å². The van der Waals surface area contributed by atoms with Gasteiger partial charge in [0.2, 0.25) is 5.91 Å². The van der Waals surface area contributed by atoms with Crippen molar-refractivity contribution < 1.29 is 19.1 Å². The van der Waals surface area contributed by atoms with Gasteiger partial charge in [-0.3, -0.25) is 4.79 Å². The molecule has 0 fully saturated rings. The van der Waals surface area contributed by atoms with E-state index in [0.717, 1.165) is 18.4 Å². The third kappa shape index (κ3) is 6.09. The largest absolute Gasteiger partial charge is 0.493 e. The van der Waals surface area contributed by atoms with E-state index in [2.05, 4.69) is 12.2 Å². The number of benzene rings is 2. The quantitative estimate of drug-likeness (QED) is 0.481. The lowest BCUT2D eigenvalue weighted by Gasteiger charge is -2.16. The number of methoxy groups -OCH3 is 1. The SMILES string of the molecule is CCCCOc1cc(NC(=O)CC(CN)c2ccccc2)ccc1C(=O)OC. The van der Waals surface area contributed by atoms with E-state index in [1.165, 1.54) is 7.11 Å². The molecule has 0 aliphatic heterocycles. The second-order valence-corrected chi connectivity index (χ2v) is 6.50. The van der Waals surface area contributed by atoms with E-state index < -0.39 is 5.97 Å². The third-order valence-electron chi connectivity index (χ3n) is 4.41. The highest BCUT2D eigenvalue weighted by atomic mass is 16.5. The van der Waals surface area contributed by atoms with Gasteiger partial charge in [-0.15, -0.1) is 0 Å². The Balaban J connectivity index is 2.10. The Hall–Kier alpha value is -2.86. The first kappa shape index (κ1) is 21.4. The summed E-state index contributed by atoms with van der Waals surface area (Å²) in [5, 5.41) is 2.86. The van der Waals surface area contributed by atoms with Crippen LogP contribution in [0.15, 0.2) is 48.5 Å². The van der Waals surface area contributed by atoms with Gasteiger partial charge in [-0.1, -0.05) is 43.7 Å². The molecule has 3 N–H and O–H groups in total. The van der Waals surface area contributed by atoms with Crippen molar-refractivity contribution in [3.63, 3.8) is 0 Å². The molecule has 2 rings (SSSR count). The molecule has 1 unspecified atom stereocenters. The highest BCUT2D eigenvalue weighted by Crippen LogP contribution is 2.26. The Kier molecular flexibility index (Phi) is 8.49. The maximum Gasteiger partial charge on any atom is 0.341 e. The first-order valence-corrected chi connectivity index (χ1v) is 9.49. The van der Waals surface area contributed by atoms with Crippen molar-refractivity contribution >= 4 is 17.6 Å². The second-order valence-electron chi connectivity index (χ2n) is 6.50. The molecule has 1 amide bonds. The lowest BCUT2D eigenvalue weighted by molar-refractivity contribution is -0.116. The zero-order valence-corrected chi connectivity index (χ0v) is 16.4. The van der Waals surface area contributed by atoms with Gasteiger partial charge in [0.25, 0.3) is 0 Å². The molecular weight excluding hydrogens is 356 g/mol. The molecule has 0 aromatic heterocycles. The van der Waals surface area contributed by atoms with E-state index in [-0.39, 0.29) is 18.2 Å². The Morgan fingerprint density at radius 1 is 1.14 bits per heavy atom. The van der Waals surface area contributed by atoms with Crippen LogP contribution in [0.3, 0.4) is 0 Å². The van der Waals surface area contributed by atoms with Crippen LogP contribution in [0.5, 0.6) is 5.75 Å². The lowest BCUT2D eigenvalue weighted by Crippen LogP contribution is -2.21. The second kappa shape index (κ2) is 11.1. The molecule has 0 heterocycles. The number of amides is 1. The minimum Gasteiger partial charge on any atom is -0.493 e. The Morgan fingerprint density at radius 3 is 2.54 bits per heavy atom. The molecule has 0 saturated carbocycles. The van der Waals surface area contributed by atoms with Crippen LogP contribution in [0.25, 0.3) is 0 Å².